The molecule has 0 aliphatic carbocycles. The Morgan fingerprint density at radius 3 is 1.88 bits per heavy atom. The summed E-state index contributed by atoms with van der Waals surface area (Å²) in [6, 6.07) is 0.0446. The quantitative estimate of drug-likeness (QED) is 0.370. The lowest BCUT2D eigenvalue weighted by atomic mass is 10.3. The molecule has 146 valence electrons. The number of aliphatic carboxylic acids is 2. The topological polar surface area (TPSA) is 113 Å². The Morgan fingerprint density at radius 2 is 1.40 bits per heavy atom. The molecule has 0 heterocycles. The van der Waals surface area contributed by atoms with Crippen LogP contribution in [-0.4, -0.2) is 108 Å². The first-order valence-electron chi connectivity index (χ1n) is 8.50. The summed E-state index contributed by atoms with van der Waals surface area (Å²) in [7, 11) is 1.71. The van der Waals surface area contributed by atoms with E-state index in [1.54, 1.807) is 16.8 Å². The van der Waals surface area contributed by atoms with Crippen LogP contribution in [0.25, 0.3) is 0 Å². The normalized spacial score (nSPS) is 11.5. The van der Waals surface area contributed by atoms with Gasteiger partial charge in [0.2, 0.25) is 5.91 Å². The smallest absolute Gasteiger partial charge is 0.317 e. The fourth-order valence-electron chi connectivity index (χ4n) is 2.29. The van der Waals surface area contributed by atoms with Gasteiger partial charge in [0.05, 0.1) is 19.6 Å². The SMILES string of the molecule is CCN(CCN(CCN(C)CC(=O)O)CC(=O)NC(C)C)CC(=O)O. The van der Waals surface area contributed by atoms with E-state index in [9.17, 15) is 14.4 Å². The Labute approximate surface area is 149 Å². The van der Waals surface area contributed by atoms with E-state index in [4.69, 9.17) is 10.2 Å². The highest BCUT2D eigenvalue weighted by molar-refractivity contribution is 5.78. The Morgan fingerprint density at radius 1 is 0.880 bits per heavy atom. The number of amides is 1. The predicted octanol–water partition coefficient (Wildman–Crippen LogP) is -0.764. The van der Waals surface area contributed by atoms with Gasteiger partial charge in [-0.2, -0.15) is 0 Å². The van der Waals surface area contributed by atoms with Gasteiger partial charge >= 0.3 is 11.9 Å². The molecule has 0 aliphatic heterocycles. The maximum atomic E-state index is 12.0. The number of rotatable bonds is 14. The minimum absolute atomic E-state index is 0.0402. The Kier molecular flexibility index (Phi) is 11.8. The minimum Gasteiger partial charge on any atom is -0.480 e. The molecule has 0 saturated heterocycles. The Balaban J connectivity index is 4.61. The number of carbonyl (C=O) groups excluding carboxylic acids is 1. The molecular formula is C16H32N4O5. The number of carbonyl (C=O) groups is 3. The molecule has 0 rings (SSSR count). The molecule has 0 unspecified atom stereocenters. The van der Waals surface area contributed by atoms with Crippen molar-refractivity contribution < 1.29 is 24.6 Å². The lowest BCUT2D eigenvalue weighted by molar-refractivity contribution is -0.139. The molecule has 3 N–H and O–H groups in total. The fraction of sp³-hybridized carbons (Fsp3) is 0.812. The molecular weight excluding hydrogens is 328 g/mol. The molecule has 0 aromatic rings. The van der Waals surface area contributed by atoms with E-state index in [0.29, 0.717) is 32.7 Å². The molecule has 0 aliphatic rings. The number of carboxylic acids is 2. The third-order valence-corrected chi connectivity index (χ3v) is 3.56. The summed E-state index contributed by atoms with van der Waals surface area (Å²) in [6.07, 6.45) is 0. The second-order valence-electron chi connectivity index (χ2n) is 6.39. The minimum atomic E-state index is -0.898. The number of hydrogen-bond donors (Lipinski definition) is 3. The first-order chi connectivity index (χ1) is 11.6. The van der Waals surface area contributed by atoms with E-state index < -0.39 is 11.9 Å². The van der Waals surface area contributed by atoms with Crippen LogP contribution in [-0.2, 0) is 14.4 Å². The fourth-order valence-corrected chi connectivity index (χ4v) is 2.29. The highest BCUT2D eigenvalue weighted by Gasteiger charge is 2.15. The van der Waals surface area contributed by atoms with Crippen LogP contribution in [0.3, 0.4) is 0 Å². The van der Waals surface area contributed by atoms with Gasteiger partial charge in [-0.3, -0.25) is 29.1 Å². The molecule has 9 nitrogen and oxygen atoms in total. The molecule has 0 saturated carbocycles. The van der Waals surface area contributed by atoms with Crippen LogP contribution in [0.5, 0.6) is 0 Å². The van der Waals surface area contributed by atoms with Gasteiger partial charge in [0.1, 0.15) is 0 Å². The summed E-state index contributed by atoms with van der Waals surface area (Å²) in [5, 5.41) is 20.5. The maximum Gasteiger partial charge on any atom is 0.317 e. The number of likely N-dealkylation sites (N-methyl/N-ethyl adjacent to an activating group) is 2. The highest BCUT2D eigenvalue weighted by atomic mass is 16.4. The van der Waals surface area contributed by atoms with Crippen molar-refractivity contribution in [2.24, 2.45) is 0 Å². The van der Waals surface area contributed by atoms with Crippen LogP contribution in [0, 0.1) is 0 Å². The van der Waals surface area contributed by atoms with Gasteiger partial charge in [0.25, 0.3) is 0 Å². The van der Waals surface area contributed by atoms with Crippen LogP contribution in [0.15, 0.2) is 0 Å². The average molecular weight is 360 g/mol. The second kappa shape index (κ2) is 12.6. The molecule has 0 atom stereocenters. The number of nitrogens with zero attached hydrogens (tertiary/aromatic N) is 3. The van der Waals surface area contributed by atoms with Crippen molar-refractivity contribution in [3.8, 4) is 0 Å². The standard InChI is InChI=1S/C16H32N4O5/c1-5-19(12-16(24)25)8-9-20(10-14(21)17-13(2)3)7-6-18(4)11-15(22)23/h13H,5-12H2,1-4H3,(H,17,21)(H,22,23)(H,24,25). The summed E-state index contributed by atoms with van der Waals surface area (Å²) in [5.41, 5.74) is 0. The van der Waals surface area contributed by atoms with Crippen molar-refractivity contribution in [1.82, 2.24) is 20.0 Å². The summed E-state index contributed by atoms with van der Waals surface area (Å²) >= 11 is 0. The molecule has 0 spiro atoms. The van der Waals surface area contributed by atoms with Crippen molar-refractivity contribution in [3.05, 3.63) is 0 Å². The zero-order valence-corrected chi connectivity index (χ0v) is 15.7. The monoisotopic (exact) mass is 360 g/mol. The molecule has 25 heavy (non-hydrogen) atoms. The Hall–Kier alpha value is -1.71. The molecule has 0 radical (unpaired) electrons. The number of nitrogens with one attached hydrogen (secondary N) is 1. The van der Waals surface area contributed by atoms with Gasteiger partial charge in [-0.15, -0.1) is 0 Å². The van der Waals surface area contributed by atoms with Crippen LogP contribution in [0.2, 0.25) is 0 Å². The van der Waals surface area contributed by atoms with E-state index in [1.807, 2.05) is 25.7 Å². The predicted molar refractivity (Wildman–Crippen MR) is 94.6 cm³/mol. The van der Waals surface area contributed by atoms with E-state index in [2.05, 4.69) is 5.32 Å². The lowest BCUT2D eigenvalue weighted by Crippen LogP contribution is -2.46. The van der Waals surface area contributed by atoms with Crippen LogP contribution in [0.1, 0.15) is 20.8 Å². The summed E-state index contributed by atoms with van der Waals surface area (Å²) < 4.78 is 0. The van der Waals surface area contributed by atoms with E-state index >= 15 is 0 Å². The van der Waals surface area contributed by atoms with Gasteiger partial charge in [-0.25, -0.2) is 0 Å². The summed E-state index contributed by atoms with van der Waals surface area (Å²) in [6.45, 7) is 8.46. The molecule has 0 fully saturated rings. The first kappa shape index (κ1) is 23.3. The van der Waals surface area contributed by atoms with Crippen molar-refractivity contribution in [2.75, 3.05) is 59.4 Å². The third-order valence-electron chi connectivity index (χ3n) is 3.56. The van der Waals surface area contributed by atoms with Crippen molar-refractivity contribution in [1.29, 1.82) is 0 Å². The van der Waals surface area contributed by atoms with Gasteiger partial charge in [-0.05, 0) is 27.4 Å². The average Bonchev–Trinajstić information content (AvgIpc) is 2.46. The van der Waals surface area contributed by atoms with E-state index in [0.717, 1.165) is 0 Å². The highest BCUT2D eigenvalue weighted by Crippen LogP contribution is 1.95. The summed E-state index contributed by atoms with van der Waals surface area (Å²) in [4.78, 5) is 39.0. The molecule has 9 heteroatoms. The van der Waals surface area contributed by atoms with Crippen molar-refractivity contribution in [3.63, 3.8) is 0 Å². The third kappa shape index (κ3) is 13.3. The second-order valence-corrected chi connectivity index (χ2v) is 6.39. The molecule has 0 aromatic carbocycles. The van der Waals surface area contributed by atoms with Gasteiger partial charge < -0.3 is 15.5 Å². The zero-order valence-electron chi connectivity index (χ0n) is 15.7. The van der Waals surface area contributed by atoms with E-state index in [1.165, 1.54) is 0 Å². The van der Waals surface area contributed by atoms with Crippen LogP contribution < -0.4 is 5.32 Å². The molecule has 0 aromatic heterocycles. The lowest BCUT2D eigenvalue weighted by Gasteiger charge is -2.27. The van der Waals surface area contributed by atoms with E-state index in [-0.39, 0.29) is 31.6 Å². The molecule has 1 amide bonds. The van der Waals surface area contributed by atoms with Crippen LogP contribution in [0.4, 0.5) is 0 Å². The molecule has 0 bridgehead atoms. The van der Waals surface area contributed by atoms with Gasteiger partial charge in [0.15, 0.2) is 0 Å². The Bertz CT molecular complexity index is 431. The van der Waals surface area contributed by atoms with Gasteiger partial charge in [0, 0.05) is 32.2 Å². The summed E-state index contributed by atoms with van der Waals surface area (Å²) in [5.74, 6) is -1.88. The van der Waals surface area contributed by atoms with Gasteiger partial charge in [-0.1, -0.05) is 6.92 Å². The first-order valence-corrected chi connectivity index (χ1v) is 8.50. The van der Waals surface area contributed by atoms with Crippen molar-refractivity contribution in [2.45, 2.75) is 26.8 Å². The zero-order chi connectivity index (χ0) is 19.4. The number of carboxylic acid groups (broad SMARTS) is 2. The van der Waals surface area contributed by atoms with Crippen molar-refractivity contribution >= 4 is 17.8 Å². The maximum absolute atomic E-state index is 12.0. The van der Waals surface area contributed by atoms with Crippen LogP contribution >= 0.6 is 0 Å². The number of hydrogen-bond acceptors (Lipinski definition) is 6. The largest absolute Gasteiger partial charge is 0.480 e.